The molecule has 0 N–H and O–H groups in total. The molecule has 0 amide bonds. The molecule has 0 rings (SSSR count). The van der Waals surface area contributed by atoms with Crippen molar-refractivity contribution >= 4 is 8.41 Å². The molecule has 0 aliphatic carbocycles. The quantitative estimate of drug-likeness (QED) is 0.447. The molecule has 3 radical (unpaired) electrons. The Morgan fingerprint density at radius 2 is 0.500 bits per heavy atom. The van der Waals surface area contributed by atoms with Crippen LogP contribution in [0, 0.1) is 11.8 Å². The highest BCUT2D eigenvalue weighted by atomic mass is 13.7. The third kappa shape index (κ3) is 350000. The molecule has 0 saturated heterocycles. The highest BCUT2D eigenvalue weighted by Gasteiger charge is 1.68. The third-order valence-corrected chi connectivity index (χ3v) is 0. The van der Waals surface area contributed by atoms with E-state index < -0.39 is 0 Å². The predicted octanol–water partition coefficient (Wildman–Crippen LogP) is 5.63. The molecule has 0 heterocycles. The molecule has 14 heavy (non-hydrogen) atoms. The fourth-order valence-corrected chi connectivity index (χ4v) is 0. The summed E-state index contributed by atoms with van der Waals surface area (Å²) in [4.78, 5) is 0. The number of rotatable bonds is 0. The van der Waals surface area contributed by atoms with Crippen molar-refractivity contribution in [3.63, 3.8) is 0 Å². The average Bonchev–Trinajstić information content (AvgIpc) is 1.93. The molecule has 0 aliphatic rings. The van der Waals surface area contributed by atoms with Gasteiger partial charge in [0.2, 0.25) is 0 Å². The van der Waals surface area contributed by atoms with E-state index in [-0.39, 0.29) is 15.8 Å². The molecule has 1 heteroatoms. The molecule has 0 unspecified atom stereocenters. The molecule has 91 valence electrons. The molecule has 0 aromatic heterocycles. The van der Waals surface area contributed by atoms with Crippen molar-refractivity contribution in [2.24, 2.45) is 11.8 Å². The standard InChI is InChI=1S/2C4H10.2C2H6.CH4.B/c2*1-4(2)3;2*1-2;;/h2*4H,1-3H3;2*1-2H3;1H4;. The van der Waals surface area contributed by atoms with Crippen LogP contribution in [0.15, 0.2) is 0 Å². The van der Waals surface area contributed by atoms with Gasteiger partial charge in [-0.3, -0.25) is 0 Å². The topological polar surface area (TPSA) is 0 Å². The molecule has 0 fully saturated rings. The molecule has 0 aromatic carbocycles. The van der Waals surface area contributed by atoms with Crippen molar-refractivity contribution in [1.29, 1.82) is 0 Å². The molecule has 0 nitrogen and oxygen atoms in total. The first-order valence-corrected chi connectivity index (χ1v) is 5.46. The molecule has 0 spiro atoms. The van der Waals surface area contributed by atoms with Crippen molar-refractivity contribution < 1.29 is 0 Å². The Balaban J connectivity index is -0.0000000153. The Labute approximate surface area is 97.5 Å². The smallest absolute Gasteiger partial charge is 0 e. The number of hydrogen-bond acceptors (Lipinski definition) is 0. The van der Waals surface area contributed by atoms with E-state index in [1.807, 2.05) is 27.7 Å². The van der Waals surface area contributed by atoms with Crippen LogP contribution in [-0.4, -0.2) is 8.41 Å². The molecule has 0 aromatic rings. The fraction of sp³-hybridized carbons (Fsp3) is 1.00. The second-order valence-electron chi connectivity index (χ2n) is 3.46. The van der Waals surface area contributed by atoms with Crippen molar-refractivity contribution in [1.82, 2.24) is 0 Å². The summed E-state index contributed by atoms with van der Waals surface area (Å²) in [5.74, 6) is 1.67. The van der Waals surface area contributed by atoms with Crippen LogP contribution >= 0.6 is 0 Å². The van der Waals surface area contributed by atoms with Gasteiger partial charge in [0.05, 0.1) is 0 Å². The Morgan fingerprint density at radius 1 is 0.500 bits per heavy atom. The Hall–Kier alpha value is 0.0649. The van der Waals surface area contributed by atoms with Crippen molar-refractivity contribution in [2.75, 3.05) is 0 Å². The summed E-state index contributed by atoms with van der Waals surface area (Å²) in [6, 6.07) is 0. The van der Waals surface area contributed by atoms with Crippen LogP contribution in [0.3, 0.4) is 0 Å². The van der Waals surface area contributed by atoms with Crippen LogP contribution in [0.5, 0.6) is 0 Å². The van der Waals surface area contributed by atoms with Gasteiger partial charge in [-0.05, 0) is 11.8 Å². The van der Waals surface area contributed by atoms with Gasteiger partial charge in [0.25, 0.3) is 0 Å². The fourth-order valence-electron chi connectivity index (χ4n) is 0. The van der Waals surface area contributed by atoms with E-state index in [4.69, 9.17) is 0 Å². The van der Waals surface area contributed by atoms with Crippen molar-refractivity contribution in [3.8, 4) is 0 Å². The summed E-state index contributed by atoms with van der Waals surface area (Å²) in [6.45, 7) is 21.0. The Morgan fingerprint density at radius 3 is 0.500 bits per heavy atom. The predicted molar refractivity (Wildman–Crippen MR) is 76.2 cm³/mol. The van der Waals surface area contributed by atoms with Crippen molar-refractivity contribution in [3.05, 3.63) is 0 Å². The highest BCUT2D eigenvalue weighted by Crippen LogP contribution is 1.81. The number of hydrogen-bond donors (Lipinski definition) is 0. The average molecular weight is 203 g/mol. The van der Waals surface area contributed by atoms with Gasteiger partial charge in [-0.1, -0.05) is 76.7 Å². The van der Waals surface area contributed by atoms with E-state index in [1.54, 1.807) is 0 Å². The second kappa shape index (κ2) is 51.7. The van der Waals surface area contributed by atoms with Gasteiger partial charge in [0, 0.05) is 8.41 Å². The SMILES string of the molecule is C.CC.CC.CC(C)C.CC(C)C.[B]. The molecule has 0 aliphatic heterocycles. The van der Waals surface area contributed by atoms with Crippen LogP contribution in [0.25, 0.3) is 0 Å². The lowest BCUT2D eigenvalue weighted by Gasteiger charge is -1.79. The molecular weight excluding hydrogens is 167 g/mol. The van der Waals surface area contributed by atoms with Gasteiger partial charge in [-0.25, -0.2) is 0 Å². The summed E-state index contributed by atoms with van der Waals surface area (Å²) in [5, 5.41) is 0. The van der Waals surface area contributed by atoms with Gasteiger partial charge in [-0.15, -0.1) is 0 Å². The van der Waals surface area contributed by atoms with E-state index in [2.05, 4.69) is 41.5 Å². The lowest BCUT2D eigenvalue weighted by atomic mass is 10.3. The van der Waals surface area contributed by atoms with E-state index in [0.29, 0.717) is 0 Å². The van der Waals surface area contributed by atoms with Crippen LogP contribution < -0.4 is 0 Å². The van der Waals surface area contributed by atoms with E-state index in [9.17, 15) is 0 Å². The molecule has 0 saturated carbocycles. The van der Waals surface area contributed by atoms with Crippen LogP contribution in [0.2, 0.25) is 0 Å². The first kappa shape index (κ1) is 36.9. The van der Waals surface area contributed by atoms with E-state index >= 15 is 0 Å². The van der Waals surface area contributed by atoms with Gasteiger partial charge in [0.15, 0.2) is 0 Å². The zero-order valence-corrected chi connectivity index (χ0v) is 11.7. The normalized spacial score (nSPS) is 6.00. The van der Waals surface area contributed by atoms with E-state index in [0.717, 1.165) is 11.8 Å². The maximum Gasteiger partial charge on any atom is 0 e. The lowest BCUT2D eigenvalue weighted by molar-refractivity contribution is 0.736. The maximum atomic E-state index is 2.17. The molecule has 0 bridgehead atoms. The zero-order chi connectivity index (χ0) is 11.2. The van der Waals surface area contributed by atoms with E-state index in [1.165, 1.54) is 0 Å². The summed E-state index contributed by atoms with van der Waals surface area (Å²) >= 11 is 0. The summed E-state index contributed by atoms with van der Waals surface area (Å²) in [7, 11) is 0. The van der Waals surface area contributed by atoms with Gasteiger partial charge in [0.1, 0.15) is 0 Å². The molecular formula is C13H36B. The first-order valence-electron chi connectivity index (χ1n) is 5.46. The highest BCUT2D eigenvalue weighted by molar-refractivity contribution is 5.75. The summed E-state index contributed by atoms with van der Waals surface area (Å²) < 4.78 is 0. The Bertz CT molecular complexity index is 20.7. The first-order chi connectivity index (χ1) is 5.46. The second-order valence-corrected chi connectivity index (χ2v) is 3.46. The van der Waals surface area contributed by atoms with Crippen LogP contribution in [-0.2, 0) is 0 Å². The van der Waals surface area contributed by atoms with Crippen molar-refractivity contribution in [2.45, 2.75) is 76.7 Å². The van der Waals surface area contributed by atoms with Crippen LogP contribution in [0.4, 0.5) is 0 Å². The largest absolute Gasteiger partial charge is 0.0776 e. The van der Waals surface area contributed by atoms with Gasteiger partial charge >= 0.3 is 0 Å². The monoisotopic (exact) mass is 203 g/mol. The minimum Gasteiger partial charge on any atom is -0.0776 e. The van der Waals surface area contributed by atoms with Gasteiger partial charge in [-0.2, -0.15) is 0 Å². The third-order valence-electron chi connectivity index (χ3n) is 0. The zero-order valence-electron chi connectivity index (χ0n) is 11.7. The maximum absolute atomic E-state index is 2.17. The van der Waals surface area contributed by atoms with Gasteiger partial charge < -0.3 is 0 Å². The summed E-state index contributed by atoms with van der Waals surface area (Å²) in [6.07, 6.45) is 0. The Kier molecular flexibility index (Phi) is 136. The lowest BCUT2D eigenvalue weighted by Crippen LogP contribution is -1.66. The molecule has 0 atom stereocenters. The summed E-state index contributed by atoms with van der Waals surface area (Å²) in [5.41, 5.74) is 0. The minimum absolute atomic E-state index is 0. The van der Waals surface area contributed by atoms with Crippen LogP contribution in [0.1, 0.15) is 76.7 Å². The minimum atomic E-state index is 0.